The number of ether oxygens (including phenoxy) is 1. The molecule has 6 nitrogen and oxygen atoms in total. The van der Waals surface area contributed by atoms with E-state index in [0.717, 1.165) is 0 Å². The third kappa shape index (κ3) is 5.04. The van der Waals surface area contributed by atoms with E-state index < -0.39 is 24.2 Å². The highest BCUT2D eigenvalue weighted by atomic mass is 19.3. The highest BCUT2D eigenvalue weighted by molar-refractivity contribution is 6.11. The second-order valence-corrected chi connectivity index (χ2v) is 9.64. The van der Waals surface area contributed by atoms with Crippen LogP contribution in [0.4, 0.5) is 14.5 Å². The monoisotopic (exact) mass is 482 g/mol. The van der Waals surface area contributed by atoms with Crippen LogP contribution in [0.1, 0.15) is 54.9 Å². The molecular weight excluding hydrogens is 454 g/mol. The highest BCUT2D eigenvalue weighted by Gasteiger charge is 2.35. The smallest absolute Gasteiger partial charge is 0.272 e. The Bertz CT molecular complexity index is 1250. The molecule has 1 amide bonds. The van der Waals surface area contributed by atoms with Crippen molar-refractivity contribution in [2.45, 2.75) is 51.9 Å². The summed E-state index contributed by atoms with van der Waals surface area (Å²) < 4.78 is 31.0. The largest absolute Gasteiger partial charge is 0.487 e. The molecule has 3 aromatic rings. The number of carbonyl (C=O) groups excluding carboxylic acids is 1. The molecule has 4 rings (SSSR count). The van der Waals surface area contributed by atoms with Crippen molar-refractivity contribution < 1.29 is 28.5 Å². The van der Waals surface area contributed by atoms with Crippen molar-refractivity contribution in [3.8, 4) is 17.0 Å². The van der Waals surface area contributed by atoms with Gasteiger partial charge < -0.3 is 19.8 Å². The average molecular weight is 483 g/mol. The predicted molar refractivity (Wildman–Crippen MR) is 129 cm³/mol. The third-order valence-electron chi connectivity index (χ3n) is 5.94. The van der Waals surface area contributed by atoms with Gasteiger partial charge in [-0.1, -0.05) is 24.3 Å². The van der Waals surface area contributed by atoms with E-state index in [1.54, 1.807) is 87.2 Å². The number of carbonyl (C=O) groups is 1. The van der Waals surface area contributed by atoms with Gasteiger partial charge in [0.05, 0.1) is 23.5 Å². The van der Waals surface area contributed by atoms with Crippen LogP contribution >= 0.6 is 0 Å². The van der Waals surface area contributed by atoms with Crippen molar-refractivity contribution in [3.05, 3.63) is 77.0 Å². The van der Waals surface area contributed by atoms with Crippen molar-refractivity contribution in [3.63, 3.8) is 0 Å². The topological polar surface area (TPSA) is 82.9 Å². The summed E-state index contributed by atoms with van der Waals surface area (Å²) in [5, 5.41) is 20.9. The molecule has 0 fully saturated rings. The standard InChI is InChI=1S/C27H28F2N2O4/c1-26(2,33)16-9-11-17(12-10-16)31-14-20-19(25(31)32)13-22(27(3,4)34)30-24(20)18-7-5-6-8-21(18)35-15-23(28)29/h5-13,23,33-34H,14-15H2,1-4H3. The lowest BCUT2D eigenvalue weighted by molar-refractivity contribution is 0.0738. The molecule has 0 spiro atoms. The zero-order chi connectivity index (χ0) is 25.5. The number of alkyl halides is 2. The van der Waals surface area contributed by atoms with Gasteiger partial charge in [-0.2, -0.15) is 0 Å². The molecule has 0 saturated heterocycles. The van der Waals surface area contributed by atoms with E-state index in [0.29, 0.717) is 33.6 Å². The van der Waals surface area contributed by atoms with Gasteiger partial charge in [0.2, 0.25) is 0 Å². The Labute approximate surface area is 202 Å². The number of nitrogens with zero attached hydrogens (tertiary/aromatic N) is 2. The van der Waals surface area contributed by atoms with Crippen molar-refractivity contribution in [1.29, 1.82) is 0 Å². The first kappa shape index (κ1) is 24.8. The molecule has 0 saturated carbocycles. The number of aromatic nitrogens is 1. The number of anilines is 1. The third-order valence-corrected chi connectivity index (χ3v) is 5.94. The van der Waals surface area contributed by atoms with Crippen molar-refractivity contribution in [2.24, 2.45) is 0 Å². The van der Waals surface area contributed by atoms with Gasteiger partial charge in [-0.25, -0.2) is 13.8 Å². The van der Waals surface area contributed by atoms with Gasteiger partial charge in [0.15, 0.2) is 0 Å². The number of rotatable bonds is 7. The average Bonchev–Trinajstić information content (AvgIpc) is 3.13. The first-order valence-corrected chi connectivity index (χ1v) is 11.3. The van der Waals surface area contributed by atoms with Crippen molar-refractivity contribution in [2.75, 3.05) is 11.5 Å². The van der Waals surface area contributed by atoms with E-state index >= 15 is 0 Å². The van der Waals surface area contributed by atoms with E-state index in [4.69, 9.17) is 4.74 Å². The van der Waals surface area contributed by atoms with E-state index in [9.17, 15) is 23.8 Å². The van der Waals surface area contributed by atoms with Gasteiger partial charge in [0.25, 0.3) is 12.3 Å². The van der Waals surface area contributed by atoms with Gasteiger partial charge in [-0.3, -0.25) is 4.79 Å². The number of aliphatic hydroxyl groups is 2. The molecule has 35 heavy (non-hydrogen) atoms. The Morgan fingerprint density at radius 1 is 1.00 bits per heavy atom. The molecule has 0 bridgehead atoms. The molecule has 2 N–H and O–H groups in total. The first-order chi connectivity index (χ1) is 16.4. The summed E-state index contributed by atoms with van der Waals surface area (Å²) in [6.45, 7) is 5.93. The van der Waals surface area contributed by atoms with E-state index in [1.165, 1.54) is 0 Å². The fourth-order valence-corrected chi connectivity index (χ4v) is 4.03. The lowest BCUT2D eigenvalue weighted by Gasteiger charge is -2.20. The van der Waals surface area contributed by atoms with Crippen LogP contribution in [-0.2, 0) is 17.7 Å². The summed E-state index contributed by atoms with van der Waals surface area (Å²) in [5.74, 6) is -0.0491. The molecular formula is C27H28F2N2O4. The molecule has 2 heterocycles. The number of benzene rings is 2. The Hall–Kier alpha value is -3.36. The summed E-state index contributed by atoms with van der Waals surface area (Å²) in [4.78, 5) is 19.7. The Morgan fingerprint density at radius 3 is 2.26 bits per heavy atom. The van der Waals surface area contributed by atoms with Gasteiger partial charge in [0, 0.05) is 22.4 Å². The van der Waals surface area contributed by atoms with Gasteiger partial charge in [-0.05, 0) is 63.6 Å². The van der Waals surface area contributed by atoms with Crippen LogP contribution in [0.15, 0.2) is 54.6 Å². The van der Waals surface area contributed by atoms with Crippen LogP contribution in [0.3, 0.4) is 0 Å². The van der Waals surface area contributed by atoms with E-state index in [2.05, 4.69) is 4.98 Å². The van der Waals surface area contributed by atoms with E-state index in [1.807, 2.05) is 0 Å². The predicted octanol–water partition coefficient (Wildman–Crippen LogP) is 5.01. The summed E-state index contributed by atoms with van der Waals surface area (Å²) in [5.41, 5.74) is 1.12. The molecule has 0 atom stereocenters. The molecule has 184 valence electrons. The Morgan fingerprint density at radius 2 is 1.66 bits per heavy atom. The van der Waals surface area contributed by atoms with Gasteiger partial charge in [-0.15, -0.1) is 0 Å². The minimum Gasteiger partial charge on any atom is -0.487 e. The number of hydrogen-bond acceptors (Lipinski definition) is 5. The normalized spacial score (nSPS) is 14.0. The van der Waals surface area contributed by atoms with Crippen LogP contribution in [0.2, 0.25) is 0 Å². The van der Waals surface area contributed by atoms with Crippen molar-refractivity contribution in [1.82, 2.24) is 4.98 Å². The molecule has 1 aliphatic heterocycles. The fraction of sp³-hybridized carbons (Fsp3) is 0.333. The molecule has 0 unspecified atom stereocenters. The first-order valence-electron chi connectivity index (χ1n) is 11.3. The second kappa shape index (κ2) is 9.02. The molecule has 0 aliphatic carbocycles. The van der Waals surface area contributed by atoms with Crippen LogP contribution in [0.25, 0.3) is 11.3 Å². The number of amides is 1. The Balaban J connectivity index is 1.81. The van der Waals surface area contributed by atoms with Crippen LogP contribution < -0.4 is 9.64 Å². The number of para-hydroxylation sites is 1. The second-order valence-electron chi connectivity index (χ2n) is 9.64. The quantitative estimate of drug-likeness (QED) is 0.495. The lowest BCUT2D eigenvalue weighted by Crippen LogP contribution is -2.23. The fourth-order valence-electron chi connectivity index (χ4n) is 4.03. The zero-order valence-corrected chi connectivity index (χ0v) is 20.0. The summed E-state index contributed by atoms with van der Waals surface area (Å²) in [7, 11) is 0. The molecule has 2 aromatic carbocycles. The number of fused-ring (bicyclic) bond motifs is 1. The number of pyridine rings is 1. The zero-order valence-electron chi connectivity index (χ0n) is 20.0. The number of halogens is 2. The van der Waals surface area contributed by atoms with Crippen molar-refractivity contribution >= 4 is 11.6 Å². The maximum Gasteiger partial charge on any atom is 0.272 e. The molecule has 1 aromatic heterocycles. The minimum absolute atomic E-state index is 0.202. The van der Waals surface area contributed by atoms with Gasteiger partial charge >= 0.3 is 0 Å². The minimum atomic E-state index is -2.65. The van der Waals surface area contributed by atoms with Crippen LogP contribution in [0.5, 0.6) is 5.75 Å². The van der Waals surface area contributed by atoms with Crippen LogP contribution in [0, 0.1) is 0 Å². The van der Waals surface area contributed by atoms with E-state index in [-0.39, 0.29) is 23.9 Å². The lowest BCUT2D eigenvalue weighted by atomic mass is 9.96. The highest BCUT2D eigenvalue weighted by Crippen LogP contribution is 2.39. The SMILES string of the molecule is CC(C)(O)c1ccc(N2Cc3c(cc(C(C)(C)O)nc3-c3ccccc3OCC(F)F)C2=O)cc1. The summed E-state index contributed by atoms with van der Waals surface area (Å²) in [6, 6.07) is 15.3. The number of hydrogen-bond donors (Lipinski definition) is 2. The van der Waals surface area contributed by atoms with Gasteiger partial charge in [0.1, 0.15) is 18.0 Å². The molecule has 0 radical (unpaired) electrons. The summed E-state index contributed by atoms with van der Waals surface area (Å²) >= 11 is 0. The summed E-state index contributed by atoms with van der Waals surface area (Å²) in [6.07, 6.45) is -2.65. The Kier molecular flexibility index (Phi) is 6.38. The molecule has 1 aliphatic rings. The maximum atomic E-state index is 13.5. The van der Waals surface area contributed by atoms with Crippen LogP contribution in [-0.4, -0.2) is 34.1 Å². The molecule has 8 heteroatoms. The maximum absolute atomic E-state index is 13.5.